The highest BCUT2D eigenvalue weighted by atomic mass is 32.2. The number of aromatic amines is 1. The molecule has 3 rings (SSSR count). The molecule has 1 N–H and O–H groups in total. The van der Waals surface area contributed by atoms with Crippen molar-refractivity contribution >= 4 is 28.6 Å². The number of aromatic nitrogens is 2. The molecule has 0 saturated heterocycles. The topological polar surface area (TPSA) is 55.0 Å². The van der Waals surface area contributed by atoms with Gasteiger partial charge in [0.2, 0.25) is 0 Å². The summed E-state index contributed by atoms with van der Waals surface area (Å²) in [6.07, 6.45) is 0.749. The number of benzene rings is 2. The molecule has 118 valence electrons. The minimum atomic E-state index is -0.153. The summed E-state index contributed by atoms with van der Waals surface area (Å²) in [5, 5.41) is 0.601. The zero-order valence-electron chi connectivity index (χ0n) is 13.1. The maximum atomic E-state index is 12.6. The van der Waals surface area contributed by atoms with Crippen LogP contribution in [-0.2, 0) is 0 Å². The second-order valence-electron chi connectivity index (χ2n) is 5.17. The molecule has 0 bridgehead atoms. The van der Waals surface area contributed by atoms with Gasteiger partial charge >= 0.3 is 0 Å². The lowest BCUT2D eigenvalue weighted by Gasteiger charge is -2.11. The number of carbonyl (C=O) groups excluding carboxylic acids is 1. The number of nitrogens with zero attached hydrogens (tertiary/aromatic N) is 1. The molecule has 0 saturated carbocycles. The molecule has 1 aromatic heterocycles. The number of imidazole rings is 1. The summed E-state index contributed by atoms with van der Waals surface area (Å²) in [5.74, 6) is 0.918. The first-order valence-electron chi connectivity index (χ1n) is 7.51. The van der Waals surface area contributed by atoms with Crippen LogP contribution in [0.1, 0.15) is 23.7 Å². The molecule has 0 fully saturated rings. The number of carbonyl (C=O) groups is 1. The smallest absolute Gasteiger partial charge is 0.176 e. The van der Waals surface area contributed by atoms with Crippen LogP contribution in [0.15, 0.2) is 53.7 Å². The average Bonchev–Trinajstić information content (AvgIpc) is 3.01. The van der Waals surface area contributed by atoms with E-state index < -0.39 is 0 Å². The van der Waals surface area contributed by atoms with E-state index in [4.69, 9.17) is 4.74 Å². The van der Waals surface area contributed by atoms with Crippen molar-refractivity contribution in [1.29, 1.82) is 0 Å². The van der Waals surface area contributed by atoms with Crippen LogP contribution in [0.2, 0.25) is 0 Å². The van der Waals surface area contributed by atoms with Crippen molar-refractivity contribution in [3.05, 3.63) is 54.1 Å². The van der Waals surface area contributed by atoms with Gasteiger partial charge in [-0.1, -0.05) is 49.0 Å². The molecular formula is C18H18N2O2S. The minimum Gasteiger partial charge on any atom is -0.497 e. The molecule has 1 atom stereocenters. The fourth-order valence-electron chi connectivity index (χ4n) is 2.39. The van der Waals surface area contributed by atoms with Crippen LogP contribution < -0.4 is 4.74 Å². The van der Waals surface area contributed by atoms with E-state index in [0.29, 0.717) is 0 Å². The molecule has 0 spiro atoms. The molecule has 3 aromatic rings. The van der Waals surface area contributed by atoms with Crippen molar-refractivity contribution in [3.63, 3.8) is 0 Å². The summed E-state index contributed by atoms with van der Waals surface area (Å²) in [6, 6.07) is 15.1. The van der Waals surface area contributed by atoms with Gasteiger partial charge in [0.1, 0.15) is 5.75 Å². The number of hydrogen-bond donors (Lipinski definition) is 1. The van der Waals surface area contributed by atoms with Crippen molar-refractivity contribution in [2.24, 2.45) is 0 Å². The highest BCUT2D eigenvalue weighted by Gasteiger charge is 2.21. The Labute approximate surface area is 139 Å². The van der Waals surface area contributed by atoms with Gasteiger partial charge in [-0.15, -0.1) is 0 Å². The predicted molar refractivity (Wildman–Crippen MR) is 93.4 cm³/mol. The third-order valence-electron chi connectivity index (χ3n) is 3.64. The van der Waals surface area contributed by atoms with Crippen LogP contribution in [0.25, 0.3) is 11.0 Å². The summed E-state index contributed by atoms with van der Waals surface area (Å²) in [4.78, 5) is 20.4. The highest BCUT2D eigenvalue weighted by molar-refractivity contribution is 8.00. The van der Waals surface area contributed by atoms with E-state index in [9.17, 15) is 4.79 Å². The summed E-state index contributed by atoms with van der Waals surface area (Å²) in [5.41, 5.74) is 2.52. The van der Waals surface area contributed by atoms with Gasteiger partial charge in [-0.2, -0.15) is 0 Å². The van der Waals surface area contributed by atoms with Gasteiger partial charge in [0, 0.05) is 11.6 Å². The third kappa shape index (κ3) is 3.40. The lowest BCUT2D eigenvalue weighted by atomic mass is 10.1. The summed E-state index contributed by atoms with van der Waals surface area (Å²) < 4.78 is 5.22. The van der Waals surface area contributed by atoms with Crippen molar-refractivity contribution in [3.8, 4) is 5.75 Å². The quantitative estimate of drug-likeness (QED) is 0.541. The van der Waals surface area contributed by atoms with Gasteiger partial charge in [0.15, 0.2) is 10.9 Å². The van der Waals surface area contributed by atoms with Gasteiger partial charge in [0.25, 0.3) is 0 Å². The Morgan fingerprint density at radius 2 is 2.04 bits per heavy atom. The molecule has 0 amide bonds. The number of methoxy groups -OCH3 is 1. The van der Waals surface area contributed by atoms with E-state index >= 15 is 0 Å². The molecule has 4 nitrogen and oxygen atoms in total. The van der Waals surface area contributed by atoms with E-state index in [0.717, 1.165) is 33.9 Å². The number of Topliss-reactive ketones (excluding diaryl/α,β-unsaturated/α-hetero) is 1. The normalized spacial score (nSPS) is 12.3. The van der Waals surface area contributed by atoms with Gasteiger partial charge in [-0.05, 0) is 18.6 Å². The predicted octanol–water partition coefficient (Wildman–Crippen LogP) is 4.33. The van der Waals surface area contributed by atoms with Crippen LogP contribution >= 0.6 is 11.8 Å². The van der Waals surface area contributed by atoms with Crippen LogP contribution in [-0.4, -0.2) is 28.1 Å². The SMILES string of the molecule is CCC(Sc1nc2ccc(OC)cc2[nH]1)C(=O)c1ccccc1. The van der Waals surface area contributed by atoms with Crippen LogP contribution in [0.5, 0.6) is 5.75 Å². The molecule has 1 heterocycles. The molecule has 23 heavy (non-hydrogen) atoms. The lowest BCUT2D eigenvalue weighted by molar-refractivity contribution is 0.0988. The first-order chi connectivity index (χ1) is 11.2. The second kappa shape index (κ2) is 6.87. The van der Waals surface area contributed by atoms with E-state index in [1.54, 1.807) is 7.11 Å². The standard InChI is InChI=1S/C18H18N2O2S/c1-3-16(17(21)12-7-5-4-6-8-12)23-18-19-14-10-9-13(22-2)11-15(14)20-18/h4-11,16H,3H2,1-2H3,(H,19,20). The van der Waals surface area contributed by atoms with Gasteiger partial charge < -0.3 is 9.72 Å². The Kier molecular flexibility index (Phi) is 4.67. The second-order valence-corrected chi connectivity index (χ2v) is 6.36. The number of ketones is 1. The molecule has 0 aliphatic rings. The summed E-state index contributed by atoms with van der Waals surface area (Å²) in [6.45, 7) is 2.02. The summed E-state index contributed by atoms with van der Waals surface area (Å²) >= 11 is 1.47. The number of thioether (sulfide) groups is 1. The number of hydrogen-bond acceptors (Lipinski definition) is 4. The number of ether oxygens (including phenoxy) is 1. The number of fused-ring (bicyclic) bond motifs is 1. The van der Waals surface area contributed by atoms with E-state index in [1.165, 1.54) is 11.8 Å². The zero-order valence-corrected chi connectivity index (χ0v) is 13.9. The van der Waals surface area contributed by atoms with Crippen LogP contribution in [0, 0.1) is 0 Å². The first-order valence-corrected chi connectivity index (χ1v) is 8.39. The maximum Gasteiger partial charge on any atom is 0.176 e. The Hall–Kier alpha value is -2.27. The Balaban J connectivity index is 1.83. The fourth-order valence-corrected chi connectivity index (χ4v) is 3.39. The minimum absolute atomic E-state index is 0.135. The zero-order chi connectivity index (χ0) is 16.2. The molecule has 0 aliphatic heterocycles. The van der Waals surface area contributed by atoms with E-state index in [1.807, 2.05) is 55.5 Å². The van der Waals surface area contributed by atoms with Gasteiger partial charge in [-0.3, -0.25) is 4.79 Å². The number of H-pyrrole nitrogens is 1. The van der Waals surface area contributed by atoms with Crippen molar-refractivity contribution in [1.82, 2.24) is 9.97 Å². The highest BCUT2D eigenvalue weighted by Crippen LogP contribution is 2.28. The Morgan fingerprint density at radius 1 is 1.26 bits per heavy atom. The number of rotatable bonds is 6. The van der Waals surface area contributed by atoms with Gasteiger partial charge in [-0.25, -0.2) is 4.98 Å². The maximum absolute atomic E-state index is 12.6. The molecular weight excluding hydrogens is 308 g/mol. The van der Waals surface area contributed by atoms with Crippen molar-refractivity contribution < 1.29 is 9.53 Å². The first kappa shape index (κ1) is 15.6. The van der Waals surface area contributed by atoms with Crippen LogP contribution in [0.4, 0.5) is 0 Å². The molecule has 1 unspecified atom stereocenters. The molecule has 5 heteroatoms. The Morgan fingerprint density at radius 3 is 2.74 bits per heavy atom. The van der Waals surface area contributed by atoms with E-state index in [-0.39, 0.29) is 11.0 Å². The summed E-state index contributed by atoms with van der Waals surface area (Å²) in [7, 11) is 1.64. The molecule has 2 aromatic carbocycles. The Bertz CT molecular complexity index is 814. The van der Waals surface area contributed by atoms with E-state index in [2.05, 4.69) is 9.97 Å². The third-order valence-corrected chi connectivity index (χ3v) is 4.89. The van der Waals surface area contributed by atoms with Crippen molar-refractivity contribution in [2.45, 2.75) is 23.8 Å². The molecule has 0 aliphatic carbocycles. The fraction of sp³-hybridized carbons (Fsp3) is 0.222. The largest absolute Gasteiger partial charge is 0.497 e. The monoisotopic (exact) mass is 326 g/mol. The van der Waals surface area contributed by atoms with Gasteiger partial charge in [0.05, 0.1) is 23.4 Å². The molecule has 0 radical (unpaired) electrons. The van der Waals surface area contributed by atoms with Crippen LogP contribution in [0.3, 0.4) is 0 Å². The lowest BCUT2D eigenvalue weighted by Crippen LogP contribution is -2.16. The number of nitrogens with one attached hydrogen (secondary N) is 1. The van der Waals surface area contributed by atoms with Crippen molar-refractivity contribution in [2.75, 3.05) is 7.11 Å². The average molecular weight is 326 g/mol.